The molecule has 1 aromatic rings. The van der Waals surface area contributed by atoms with E-state index in [0.717, 1.165) is 12.1 Å². The Labute approximate surface area is 122 Å². The molecule has 0 heterocycles. The molecule has 0 spiro atoms. The summed E-state index contributed by atoms with van der Waals surface area (Å²) in [6.07, 6.45) is 0. The molecule has 1 aromatic carbocycles. The number of anilines is 1. The van der Waals surface area contributed by atoms with Crippen molar-refractivity contribution in [1.29, 1.82) is 0 Å². The third-order valence-corrected chi connectivity index (χ3v) is 3.80. The smallest absolute Gasteiger partial charge is 0.146 e. The van der Waals surface area contributed by atoms with Gasteiger partial charge in [-0.2, -0.15) is 0 Å². The molecule has 3 nitrogen and oxygen atoms in total. The van der Waals surface area contributed by atoms with E-state index in [4.69, 9.17) is 4.74 Å². The Bertz CT molecular complexity index is 409. The van der Waals surface area contributed by atoms with Gasteiger partial charge in [-0.25, -0.2) is 4.39 Å². The first-order chi connectivity index (χ1) is 9.49. The summed E-state index contributed by atoms with van der Waals surface area (Å²) in [5, 5.41) is 3.27. The van der Waals surface area contributed by atoms with E-state index >= 15 is 0 Å². The van der Waals surface area contributed by atoms with Gasteiger partial charge in [0, 0.05) is 33.3 Å². The summed E-state index contributed by atoms with van der Waals surface area (Å²) >= 11 is 0. The maximum Gasteiger partial charge on any atom is 0.146 e. The van der Waals surface area contributed by atoms with Crippen LogP contribution in [0.1, 0.15) is 26.3 Å². The van der Waals surface area contributed by atoms with Crippen molar-refractivity contribution in [3.8, 4) is 0 Å². The Balaban J connectivity index is 2.87. The van der Waals surface area contributed by atoms with Gasteiger partial charge in [-0.3, -0.25) is 0 Å². The average Bonchev–Trinajstić information content (AvgIpc) is 2.42. The summed E-state index contributed by atoms with van der Waals surface area (Å²) in [6.45, 7) is 8.49. The Morgan fingerprint density at radius 1 is 1.30 bits per heavy atom. The lowest BCUT2D eigenvalue weighted by molar-refractivity contribution is 0.199. The van der Waals surface area contributed by atoms with Crippen LogP contribution in [0.3, 0.4) is 0 Å². The highest BCUT2D eigenvalue weighted by Gasteiger charge is 2.19. The summed E-state index contributed by atoms with van der Waals surface area (Å²) in [4.78, 5) is 2.04. The molecule has 1 atom stereocenters. The van der Waals surface area contributed by atoms with Crippen LogP contribution in [-0.4, -0.2) is 33.4 Å². The predicted octanol–water partition coefficient (Wildman–Crippen LogP) is 3.04. The highest BCUT2D eigenvalue weighted by atomic mass is 19.1. The van der Waals surface area contributed by atoms with Gasteiger partial charge >= 0.3 is 0 Å². The molecule has 114 valence electrons. The second-order valence-electron chi connectivity index (χ2n) is 5.51. The third-order valence-electron chi connectivity index (χ3n) is 3.80. The third kappa shape index (κ3) is 4.46. The Morgan fingerprint density at radius 3 is 2.60 bits per heavy atom. The number of ether oxygens (including phenoxy) is 1. The zero-order valence-electron chi connectivity index (χ0n) is 13.2. The molecule has 0 amide bonds. The summed E-state index contributed by atoms with van der Waals surface area (Å²) in [6, 6.07) is 5.55. The largest absolute Gasteiger partial charge is 0.383 e. The highest BCUT2D eigenvalue weighted by molar-refractivity contribution is 5.55. The van der Waals surface area contributed by atoms with Crippen LogP contribution in [-0.2, 0) is 11.3 Å². The van der Waals surface area contributed by atoms with Crippen LogP contribution in [0.15, 0.2) is 18.2 Å². The normalized spacial score (nSPS) is 12.8. The topological polar surface area (TPSA) is 24.5 Å². The fourth-order valence-electron chi connectivity index (χ4n) is 2.15. The molecule has 0 bridgehead atoms. The lowest BCUT2D eigenvalue weighted by Gasteiger charge is -2.32. The van der Waals surface area contributed by atoms with Crippen LogP contribution >= 0.6 is 0 Å². The molecule has 0 saturated carbocycles. The van der Waals surface area contributed by atoms with Gasteiger partial charge in [0.1, 0.15) is 5.82 Å². The molecule has 0 aliphatic carbocycles. The van der Waals surface area contributed by atoms with E-state index in [9.17, 15) is 4.39 Å². The lowest BCUT2D eigenvalue weighted by Crippen LogP contribution is -2.35. The summed E-state index contributed by atoms with van der Waals surface area (Å²) < 4.78 is 19.2. The van der Waals surface area contributed by atoms with Crippen molar-refractivity contribution in [2.24, 2.45) is 5.92 Å². The Hall–Kier alpha value is -1.13. The van der Waals surface area contributed by atoms with Crippen LogP contribution < -0.4 is 10.2 Å². The molecule has 20 heavy (non-hydrogen) atoms. The fourth-order valence-corrected chi connectivity index (χ4v) is 2.15. The van der Waals surface area contributed by atoms with Crippen LogP contribution in [0, 0.1) is 11.7 Å². The van der Waals surface area contributed by atoms with Crippen molar-refractivity contribution in [3.63, 3.8) is 0 Å². The van der Waals surface area contributed by atoms with E-state index in [2.05, 4.69) is 26.1 Å². The van der Waals surface area contributed by atoms with E-state index in [1.807, 2.05) is 18.0 Å². The van der Waals surface area contributed by atoms with Gasteiger partial charge in [0.2, 0.25) is 0 Å². The minimum absolute atomic E-state index is 0.161. The minimum atomic E-state index is -0.161. The van der Waals surface area contributed by atoms with Gasteiger partial charge in [0.05, 0.1) is 12.3 Å². The van der Waals surface area contributed by atoms with Gasteiger partial charge < -0.3 is 15.0 Å². The summed E-state index contributed by atoms with van der Waals surface area (Å²) in [5.41, 5.74) is 1.68. The van der Waals surface area contributed by atoms with E-state index in [-0.39, 0.29) is 11.9 Å². The van der Waals surface area contributed by atoms with E-state index < -0.39 is 0 Å². The lowest BCUT2D eigenvalue weighted by atomic mass is 10.0. The predicted molar refractivity (Wildman–Crippen MR) is 82.7 cm³/mol. The van der Waals surface area contributed by atoms with Crippen molar-refractivity contribution in [3.05, 3.63) is 29.6 Å². The van der Waals surface area contributed by atoms with Crippen LogP contribution in [0.4, 0.5) is 10.1 Å². The number of hydrogen-bond donors (Lipinski definition) is 1. The zero-order valence-corrected chi connectivity index (χ0v) is 13.2. The van der Waals surface area contributed by atoms with Crippen LogP contribution in [0.25, 0.3) is 0 Å². The van der Waals surface area contributed by atoms with Crippen molar-refractivity contribution in [1.82, 2.24) is 5.32 Å². The first kappa shape index (κ1) is 16.9. The van der Waals surface area contributed by atoms with Gasteiger partial charge in [0.25, 0.3) is 0 Å². The molecule has 1 unspecified atom stereocenters. The molecule has 0 aromatic heterocycles. The van der Waals surface area contributed by atoms with Crippen molar-refractivity contribution in [2.45, 2.75) is 33.4 Å². The quantitative estimate of drug-likeness (QED) is 0.742. The number of nitrogens with zero attached hydrogens (tertiary/aromatic N) is 1. The Morgan fingerprint density at radius 2 is 2.00 bits per heavy atom. The number of hydrogen-bond acceptors (Lipinski definition) is 3. The number of nitrogens with one attached hydrogen (secondary N) is 1. The van der Waals surface area contributed by atoms with Gasteiger partial charge in [0.15, 0.2) is 0 Å². The number of methoxy groups -OCH3 is 1. The minimum Gasteiger partial charge on any atom is -0.383 e. The monoisotopic (exact) mass is 282 g/mol. The second kappa shape index (κ2) is 8.22. The summed E-state index contributed by atoms with van der Waals surface area (Å²) in [7, 11) is 3.63. The second-order valence-corrected chi connectivity index (χ2v) is 5.51. The molecule has 0 aliphatic heterocycles. The molecule has 4 heteroatoms. The van der Waals surface area contributed by atoms with Crippen molar-refractivity contribution in [2.75, 3.05) is 32.2 Å². The number of benzene rings is 1. The molecular formula is C16H27FN2O. The van der Waals surface area contributed by atoms with Crippen LogP contribution in [0.5, 0.6) is 0 Å². The van der Waals surface area contributed by atoms with Crippen LogP contribution in [0.2, 0.25) is 0 Å². The first-order valence-electron chi connectivity index (χ1n) is 7.18. The SMILES string of the molecule is COCCNCc1cccc(F)c1N(C)C(C)C(C)C. The van der Waals surface area contributed by atoms with Gasteiger partial charge in [-0.05, 0) is 24.5 Å². The highest BCUT2D eigenvalue weighted by Crippen LogP contribution is 2.27. The van der Waals surface area contributed by atoms with Gasteiger partial charge in [-0.1, -0.05) is 26.0 Å². The van der Waals surface area contributed by atoms with Crippen molar-refractivity contribution < 1.29 is 9.13 Å². The maximum atomic E-state index is 14.2. The molecule has 1 rings (SSSR count). The van der Waals surface area contributed by atoms with E-state index in [1.54, 1.807) is 13.2 Å². The number of halogens is 1. The maximum absolute atomic E-state index is 14.2. The Kier molecular flexibility index (Phi) is 6.96. The zero-order chi connectivity index (χ0) is 15.1. The first-order valence-corrected chi connectivity index (χ1v) is 7.18. The molecule has 0 saturated heterocycles. The molecule has 0 radical (unpaired) electrons. The molecular weight excluding hydrogens is 255 g/mol. The fraction of sp³-hybridized carbons (Fsp3) is 0.625. The molecule has 0 aliphatic rings. The van der Waals surface area contributed by atoms with Gasteiger partial charge in [-0.15, -0.1) is 0 Å². The van der Waals surface area contributed by atoms with Crippen molar-refractivity contribution >= 4 is 5.69 Å². The number of para-hydroxylation sites is 1. The number of rotatable bonds is 8. The summed E-state index contributed by atoms with van der Waals surface area (Å²) in [5.74, 6) is 0.306. The molecule has 1 N–H and O–H groups in total. The van der Waals surface area contributed by atoms with E-state index in [0.29, 0.717) is 24.8 Å². The standard InChI is InChI=1S/C16H27FN2O/c1-12(2)13(3)19(4)16-14(7-6-8-15(16)17)11-18-9-10-20-5/h6-8,12-13,18H,9-11H2,1-5H3. The average molecular weight is 282 g/mol. The van der Waals surface area contributed by atoms with E-state index in [1.165, 1.54) is 6.07 Å². The molecule has 0 fully saturated rings.